The fourth-order valence-electron chi connectivity index (χ4n) is 1.98. The molecular formula is C11H18O2. The molecule has 2 atom stereocenters. The lowest BCUT2D eigenvalue weighted by Gasteiger charge is -2.26. The molecule has 1 aliphatic carbocycles. The van der Waals surface area contributed by atoms with E-state index in [-0.39, 0.29) is 0 Å². The molecule has 2 nitrogen and oxygen atoms in total. The molecule has 1 aliphatic rings. The summed E-state index contributed by atoms with van der Waals surface area (Å²) in [6.45, 7) is 3.90. The number of carboxylic acids is 1. The van der Waals surface area contributed by atoms with E-state index >= 15 is 0 Å². The molecule has 0 saturated heterocycles. The van der Waals surface area contributed by atoms with Gasteiger partial charge in [-0.15, -0.1) is 0 Å². The smallest absolute Gasteiger partial charge is 0.330 e. The van der Waals surface area contributed by atoms with E-state index in [9.17, 15) is 4.79 Å². The fourth-order valence-corrected chi connectivity index (χ4v) is 1.98. The summed E-state index contributed by atoms with van der Waals surface area (Å²) < 4.78 is 0. The van der Waals surface area contributed by atoms with Crippen molar-refractivity contribution in [3.63, 3.8) is 0 Å². The molecule has 0 aromatic rings. The largest absolute Gasteiger partial charge is 0.478 e. The molecule has 0 heterocycles. The number of rotatable bonds is 2. The van der Waals surface area contributed by atoms with Crippen molar-refractivity contribution in [1.29, 1.82) is 0 Å². The first kappa shape index (κ1) is 10.3. The van der Waals surface area contributed by atoms with E-state index in [1.165, 1.54) is 19.3 Å². The summed E-state index contributed by atoms with van der Waals surface area (Å²) in [6.07, 6.45) is 6.89. The predicted octanol–water partition coefficient (Wildman–Crippen LogP) is 2.84. The molecule has 0 radical (unpaired) electrons. The first-order valence-electron chi connectivity index (χ1n) is 5.03. The lowest BCUT2D eigenvalue weighted by Crippen LogP contribution is -2.15. The van der Waals surface area contributed by atoms with Gasteiger partial charge in [-0.1, -0.05) is 32.3 Å². The molecule has 0 aromatic carbocycles. The molecule has 1 saturated carbocycles. The predicted molar refractivity (Wildman–Crippen MR) is 52.5 cm³/mol. The molecule has 2 unspecified atom stereocenters. The molecule has 0 aliphatic heterocycles. The van der Waals surface area contributed by atoms with E-state index < -0.39 is 5.97 Å². The average molecular weight is 182 g/mol. The van der Waals surface area contributed by atoms with E-state index in [1.54, 1.807) is 6.92 Å². The van der Waals surface area contributed by atoms with Gasteiger partial charge < -0.3 is 5.11 Å². The fraction of sp³-hybridized carbons (Fsp3) is 0.727. The minimum Gasteiger partial charge on any atom is -0.478 e. The number of hydrogen-bond donors (Lipinski definition) is 1. The van der Waals surface area contributed by atoms with Crippen LogP contribution < -0.4 is 0 Å². The van der Waals surface area contributed by atoms with Crippen LogP contribution in [0.2, 0.25) is 0 Å². The summed E-state index contributed by atoms with van der Waals surface area (Å²) in [5.74, 6) is 0.366. The van der Waals surface area contributed by atoms with Crippen LogP contribution in [-0.4, -0.2) is 11.1 Å². The van der Waals surface area contributed by atoms with Crippen LogP contribution in [0.25, 0.3) is 0 Å². The van der Waals surface area contributed by atoms with Crippen molar-refractivity contribution in [3.8, 4) is 0 Å². The van der Waals surface area contributed by atoms with Crippen molar-refractivity contribution in [2.24, 2.45) is 11.8 Å². The summed E-state index contributed by atoms with van der Waals surface area (Å²) in [5.41, 5.74) is 0.499. The van der Waals surface area contributed by atoms with Crippen molar-refractivity contribution in [2.75, 3.05) is 0 Å². The van der Waals surface area contributed by atoms with Gasteiger partial charge in [-0.25, -0.2) is 4.79 Å². The molecule has 74 valence electrons. The van der Waals surface area contributed by atoms with Gasteiger partial charge in [0.1, 0.15) is 0 Å². The van der Waals surface area contributed by atoms with Gasteiger partial charge in [0.2, 0.25) is 0 Å². The van der Waals surface area contributed by atoms with E-state index in [1.807, 2.05) is 6.08 Å². The van der Waals surface area contributed by atoms with Crippen LogP contribution in [0.1, 0.15) is 39.5 Å². The van der Waals surface area contributed by atoms with E-state index in [2.05, 4.69) is 6.92 Å². The third-order valence-electron chi connectivity index (χ3n) is 2.98. The highest BCUT2D eigenvalue weighted by molar-refractivity contribution is 5.85. The molecule has 1 fully saturated rings. The van der Waals surface area contributed by atoms with Crippen LogP contribution in [-0.2, 0) is 4.79 Å². The number of hydrogen-bond acceptors (Lipinski definition) is 1. The highest BCUT2D eigenvalue weighted by atomic mass is 16.4. The van der Waals surface area contributed by atoms with Crippen LogP contribution in [0.3, 0.4) is 0 Å². The van der Waals surface area contributed by atoms with Gasteiger partial charge in [-0.05, 0) is 25.2 Å². The summed E-state index contributed by atoms with van der Waals surface area (Å²) >= 11 is 0. The van der Waals surface area contributed by atoms with Crippen molar-refractivity contribution < 1.29 is 9.90 Å². The van der Waals surface area contributed by atoms with Crippen molar-refractivity contribution in [1.82, 2.24) is 0 Å². The van der Waals surface area contributed by atoms with Gasteiger partial charge in [-0.3, -0.25) is 0 Å². The van der Waals surface area contributed by atoms with Gasteiger partial charge in [0.25, 0.3) is 0 Å². The third-order valence-corrected chi connectivity index (χ3v) is 2.98. The summed E-state index contributed by atoms with van der Waals surface area (Å²) in [5, 5.41) is 8.73. The van der Waals surface area contributed by atoms with Gasteiger partial charge in [0.05, 0.1) is 0 Å². The molecule has 0 aromatic heterocycles. The highest BCUT2D eigenvalue weighted by Crippen LogP contribution is 2.31. The maximum absolute atomic E-state index is 10.6. The molecule has 1 rings (SSSR count). The maximum Gasteiger partial charge on any atom is 0.330 e. The zero-order valence-electron chi connectivity index (χ0n) is 8.42. The zero-order valence-corrected chi connectivity index (χ0v) is 8.42. The molecular weight excluding hydrogens is 164 g/mol. The van der Waals surface area contributed by atoms with Gasteiger partial charge >= 0.3 is 5.97 Å². The van der Waals surface area contributed by atoms with Crippen molar-refractivity contribution in [3.05, 3.63) is 11.6 Å². The van der Waals surface area contributed by atoms with E-state index in [0.717, 1.165) is 6.42 Å². The quantitative estimate of drug-likeness (QED) is 0.667. The molecule has 13 heavy (non-hydrogen) atoms. The second-order valence-electron chi connectivity index (χ2n) is 4.08. The van der Waals surface area contributed by atoms with Crippen molar-refractivity contribution in [2.45, 2.75) is 39.5 Å². The lowest BCUT2D eigenvalue weighted by atomic mass is 9.79. The number of aliphatic carboxylic acids is 1. The van der Waals surface area contributed by atoms with Crippen LogP contribution >= 0.6 is 0 Å². The molecule has 2 heteroatoms. The summed E-state index contributed by atoms with van der Waals surface area (Å²) in [4.78, 5) is 10.6. The first-order valence-corrected chi connectivity index (χ1v) is 5.03. The van der Waals surface area contributed by atoms with Crippen LogP contribution in [0.4, 0.5) is 0 Å². The van der Waals surface area contributed by atoms with Crippen LogP contribution in [0, 0.1) is 11.8 Å². The van der Waals surface area contributed by atoms with E-state index in [4.69, 9.17) is 5.11 Å². The van der Waals surface area contributed by atoms with E-state index in [0.29, 0.717) is 17.4 Å². The second kappa shape index (κ2) is 4.45. The molecule has 0 bridgehead atoms. The Balaban J connectivity index is 2.60. The molecule has 0 amide bonds. The topological polar surface area (TPSA) is 37.3 Å². The second-order valence-corrected chi connectivity index (χ2v) is 4.08. The molecule has 1 N–H and O–H groups in total. The SMILES string of the molecule is CC(=CC1CCCCC1C)C(=O)O. The Morgan fingerprint density at radius 1 is 1.38 bits per heavy atom. The third kappa shape index (κ3) is 2.87. The Bertz CT molecular complexity index is 218. The van der Waals surface area contributed by atoms with Crippen molar-refractivity contribution >= 4 is 5.97 Å². The normalized spacial score (nSPS) is 30.2. The van der Waals surface area contributed by atoms with Gasteiger partial charge in [0, 0.05) is 5.57 Å². The Labute approximate surface area is 79.6 Å². The minimum atomic E-state index is -0.780. The highest BCUT2D eigenvalue weighted by Gasteiger charge is 2.19. The maximum atomic E-state index is 10.6. The van der Waals surface area contributed by atoms with Crippen LogP contribution in [0.5, 0.6) is 0 Å². The monoisotopic (exact) mass is 182 g/mol. The number of carboxylic acid groups (broad SMARTS) is 1. The zero-order chi connectivity index (χ0) is 9.84. The lowest BCUT2D eigenvalue weighted by molar-refractivity contribution is -0.132. The summed E-state index contributed by atoms with van der Waals surface area (Å²) in [7, 11) is 0. The van der Waals surface area contributed by atoms with Crippen LogP contribution in [0.15, 0.2) is 11.6 Å². The Kier molecular flexibility index (Phi) is 3.52. The minimum absolute atomic E-state index is 0.491. The Hall–Kier alpha value is -0.790. The van der Waals surface area contributed by atoms with Gasteiger partial charge in [-0.2, -0.15) is 0 Å². The summed E-state index contributed by atoms with van der Waals surface area (Å²) in [6, 6.07) is 0. The molecule has 0 spiro atoms. The average Bonchev–Trinajstić information content (AvgIpc) is 2.08. The van der Waals surface area contributed by atoms with Gasteiger partial charge in [0.15, 0.2) is 0 Å². The Morgan fingerprint density at radius 3 is 2.54 bits per heavy atom. The number of allylic oxidation sites excluding steroid dienone is 1. The first-order chi connectivity index (χ1) is 6.11. The Morgan fingerprint density at radius 2 is 2.00 bits per heavy atom. The number of carbonyl (C=O) groups is 1. The standard InChI is InChI=1S/C11H18O2/c1-8-5-3-4-6-10(8)7-9(2)11(12)13/h7-8,10H,3-6H2,1-2H3,(H,12,13).